The van der Waals surface area contributed by atoms with E-state index >= 15 is 0 Å². The lowest BCUT2D eigenvalue weighted by molar-refractivity contribution is -0.139. The van der Waals surface area contributed by atoms with Gasteiger partial charge in [0, 0.05) is 18.1 Å². The second-order valence-electron chi connectivity index (χ2n) is 7.73. The quantitative estimate of drug-likeness (QED) is 0.474. The van der Waals surface area contributed by atoms with Gasteiger partial charge in [-0.2, -0.15) is 0 Å². The van der Waals surface area contributed by atoms with E-state index in [2.05, 4.69) is 5.32 Å². The highest BCUT2D eigenvalue weighted by Crippen LogP contribution is 2.33. The van der Waals surface area contributed by atoms with Crippen LogP contribution in [0.25, 0.3) is 0 Å². The Balaban J connectivity index is 2.42. The van der Waals surface area contributed by atoms with Gasteiger partial charge in [0.1, 0.15) is 18.3 Å². The van der Waals surface area contributed by atoms with Gasteiger partial charge >= 0.3 is 0 Å². The van der Waals surface area contributed by atoms with Gasteiger partial charge in [0.05, 0.1) is 19.1 Å². The van der Waals surface area contributed by atoms with Crippen molar-refractivity contribution in [2.24, 2.45) is 0 Å². The Morgan fingerprint density at radius 1 is 1.12 bits per heavy atom. The molecule has 0 saturated carbocycles. The van der Waals surface area contributed by atoms with Crippen molar-refractivity contribution in [3.05, 3.63) is 59.1 Å². The predicted octanol–water partition coefficient (Wildman–Crippen LogP) is 3.10. The van der Waals surface area contributed by atoms with Crippen molar-refractivity contribution >= 4 is 39.1 Å². The van der Waals surface area contributed by atoms with E-state index in [1.165, 1.54) is 24.1 Å². The van der Waals surface area contributed by atoms with Gasteiger partial charge in [-0.25, -0.2) is 8.42 Å². The second-order valence-corrected chi connectivity index (χ2v) is 10.1. The fourth-order valence-electron chi connectivity index (χ4n) is 3.64. The van der Waals surface area contributed by atoms with E-state index in [-0.39, 0.29) is 23.9 Å². The number of rotatable bonds is 12. The molecule has 0 aliphatic carbocycles. The van der Waals surface area contributed by atoms with Gasteiger partial charge in [-0.3, -0.25) is 13.9 Å². The second kappa shape index (κ2) is 12.6. The first kappa shape index (κ1) is 27.5. The minimum Gasteiger partial charge on any atom is -0.495 e. The lowest BCUT2D eigenvalue weighted by Crippen LogP contribution is -2.53. The number of nitrogens with one attached hydrogen (secondary N) is 1. The van der Waals surface area contributed by atoms with Gasteiger partial charge < -0.3 is 15.0 Å². The molecule has 0 aliphatic rings. The summed E-state index contributed by atoms with van der Waals surface area (Å²) in [5.41, 5.74) is 1.16. The predicted molar refractivity (Wildman–Crippen MR) is 135 cm³/mol. The maximum atomic E-state index is 13.6. The molecule has 0 spiro atoms. The van der Waals surface area contributed by atoms with Crippen molar-refractivity contribution in [3.8, 4) is 5.75 Å². The number of likely N-dealkylation sites (N-methyl/N-ethyl adjacent to an activating group) is 1. The minimum absolute atomic E-state index is 0.153. The molecule has 0 heterocycles. The number of hydrogen-bond acceptors (Lipinski definition) is 5. The van der Waals surface area contributed by atoms with E-state index in [1.807, 2.05) is 37.3 Å². The number of halogens is 1. The summed E-state index contributed by atoms with van der Waals surface area (Å²) in [6.07, 6.45) is 1.91. The first-order valence-corrected chi connectivity index (χ1v) is 13.3. The number of sulfonamides is 1. The fourth-order valence-corrected chi connectivity index (χ4v) is 4.65. The molecule has 0 bridgehead atoms. The van der Waals surface area contributed by atoms with Crippen LogP contribution in [-0.2, 0) is 26.0 Å². The zero-order chi connectivity index (χ0) is 25.3. The maximum Gasteiger partial charge on any atom is 0.244 e. The number of carbonyl (C=O) groups excluding carboxylic acids is 2. The van der Waals surface area contributed by atoms with Gasteiger partial charge in [0.15, 0.2) is 0 Å². The number of ether oxygens (including phenoxy) is 1. The van der Waals surface area contributed by atoms with Crippen molar-refractivity contribution in [1.82, 2.24) is 10.2 Å². The highest BCUT2D eigenvalue weighted by atomic mass is 35.5. The molecule has 2 aromatic rings. The molecule has 0 aromatic heterocycles. The third kappa shape index (κ3) is 7.36. The molecule has 0 unspecified atom stereocenters. The fraction of sp³-hybridized carbons (Fsp3) is 0.417. The Kier molecular flexibility index (Phi) is 10.2. The largest absolute Gasteiger partial charge is 0.495 e. The van der Waals surface area contributed by atoms with Crippen LogP contribution in [0.1, 0.15) is 25.8 Å². The number of carbonyl (C=O) groups is 2. The molecule has 10 heteroatoms. The van der Waals surface area contributed by atoms with Crippen LogP contribution in [0.15, 0.2) is 48.5 Å². The van der Waals surface area contributed by atoms with Crippen molar-refractivity contribution in [2.45, 2.75) is 32.7 Å². The maximum absolute atomic E-state index is 13.6. The van der Waals surface area contributed by atoms with Crippen molar-refractivity contribution < 1.29 is 22.7 Å². The summed E-state index contributed by atoms with van der Waals surface area (Å²) in [5.74, 6) is -0.520. The number of anilines is 1. The molecular weight excluding hydrogens is 478 g/mol. The normalized spacial score (nSPS) is 12.0. The van der Waals surface area contributed by atoms with Gasteiger partial charge in [0.2, 0.25) is 21.8 Å². The smallest absolute Gasteiger partial charge is 0.244 e. The Morgan fingerprint density at radius 2 is 1.79 bits per heavy atom. The first-order chi connectivity index (χ1) is 16.1. The average Bonchev–Trinajstić information content (AvgIpc) is 2.80. The zero-order valence-corrected chi connectivity index (χ0v) is 21.5. The average molecular weight is 510 g/mol. The molecule has 2 amide bonds. The molecule has 0 saturated heterocycles. The highest BCUT2D eigenvalue weighted by Gasteiger charge is 2.32. The molecule has 0 aliphatic heterocycles. The third-order valence-corrected chi connectivity index (χ3v) is 6.67. The van der Waals surface area contributed by atoms with Crippen LogP contribution in [0, 0.1) is 0 Å². The Labute approximate surface area is 206 Å². The van der Waals surface area contributed by atoms with Gasteiger partial charge in [-0.1, -0.05) is 48.9 Å². The highest BCUT2D eigenvalue weighted by molar-refractivity contribution is 7.92. The Hall–Kier alpha value is -2.78. The van der Waals surface area contributed by atoms with Crippen LogP contribution >= 0.6 is 11.6 Å². The summed E-state index contributed by atoms with van der Waals surface area (Å²) in [6, 6.07) is 13.4. The van der Waals surface area contributed by atoms with E-state index in [9.17, 15) is 18.0 Å². The van der Waals surface area contributed by atoms with Crippen LogP contribution in [0.5, 0.6) is 5.75 Å². The van der Waals surface area contributed by atoms with Crippen LogP contribution in [0.4, 0.5) is 5.69 Å². The topological polar surface area (TPSA) is 96.0 Å². The molecule has 2 rings (SSSR count). The molecular formula is C24H32ClN3O5S. The minimum atomic E-state index is -3.88. The van der Waals surface area contributed by atoms with Gasteiger partial charge in [-0.05, 0) is 43.5 Å². The summed E-state index contributed by atoms with van der Waals surface area (Å²) in [5, 5.41) is 3.07. The van der Waals surface area contributed by atoms with E-state index in [1.54, 1.807) is 13.0 Å². The van der Waals surface area contributed by atoms with Gasteiger partial charge in [-0.15, -0.1) is 0 Å². The van der Waals surface area contributed by atoms with Gasteiger partial charge in [0.25, 0.3) is 0 Å². The standard InChI is InChI=1S/C24H32ClN3O5S/c1-5-20(24(30)26-6-2)27(15-14-18-10-8-7-9-11-18)23(29)17-28(34(4,31)32)21-16-19(25)12-13-22(21)33-3/h7-13,16,20H,5-6,14-15,17H2,1-4H3,(H,26,30)/t20-/m1/s1. The molecule has 1 atom stereocenters. The van der Waals surface area contributed by atoms with Crippen molar-refractivity contribution in [2.75, 3.05) is 37.3 Å². The number of methoxy groups -OCH3 is 1. The molecule has 2 aromatic carbocycles. The van der Waals surface area contributed by atoms with E-state index in [4.69, 9.17) is 16.3 Å². The van der Waals surface area contributed by atoms with E-state index in [0.717, 1.165) is 16.1 Å². The molecule has 8 nitrogen and oxygen atoms in total. The lowest BCUT2D eigenvalue weighted by atomic mass is 10.1. The molecule has 34 heavy (non-hydrogen) atoms. The summed E-state index contributed by atoms with van der Waals surface area (Å²) in [7, 11) is -2.47. The number of benzene rings is 2. The van der Waals surface area contributed by atoms with E-state index in [0.29, 0.717) is 24.4 Å². The molecule has 1 N–H and O–H groups in total. The SMILES string of the molecule is CCNC(=O)[C@@H](CC)N(CCc1ccccc1)C(=O)CN(c1cc(Cl)ccc1OC)S(C)(=O)=O. The summed E-state index contributed by atoms with van der Waals surface area (Å²) in [4.78, 5) is 27.8. The summed E-state index contributed by atoms with van der Waals surface area (Å²) < 4.78 is 31.7. The summed E-state index contributed by atoms with van der Waals surface area (Å²) >= 11 is 6.11. The number of amides is 2. The van der Waals surface area contributed by atoms with Crippen molar-refractivity contribution in [3.63, 3.8) is 0 Å². The molecule has 0 fully saturated rings. The Bertz CT molecular complexity index is 1080. The van der Waals surface area contributed by atoms with Crippen molar-refractivity contribution in [1.29, 1.82) is 0 Å². The van der Waals surface area contributed by atoms with Crippen LogP contribution in [0.3, 0.4) is 0 Å². The first-order valence-electron chi connectivity index (χ1n) is 11.0. The zero-order valence-electron chi connectivity index (χ0n) is 20.0. The van der Waals surface area contributed by atoms with Crippen LogP contribution in [-0.4, -0.2) is 64.2 Å². The Morgan fingerprint density at radius 3 is 2.35 bits per heavy atom. The summed E-state index contributed by atoms with van der Waals surface area (Å²) in [6.45, 7) is 3.79. The van der Waals surface area contributed by atoms with E-state index < -0.39 is 28.5 Å². The third-order valence-electron chi connectivity index (χ3n) is 5.31. The van der Waals surface area contributed by atoms with Crippen LogP contribution < -0.4 is 14.4 Å². The lowest BCUT2D eigenvalue weighted by Gasteiger charge is -2.33. The monoisotopic (exact) mass is 509 g/mol. The number of hydrogen-bond donors (Lipinski definition) is 1. The molecule has 0 radical (unpaired) electrons. The molecule has 186 valence electrons. The van der Waals surface area contributed by atoms with Crippen LogP contribution in [0.2, 0.25) is 5.02 Å². The number of nitrogens with zero attached hydrogens (tertiary/aromatic N) is 2.